The van der Waals surface area contributed by atoms with Gasteiger partial charge < -0.3 is 24.4 Å². The first-order valence-corrected chi connectivity index (χ1v) is 9.53. The standard InChI is InChI=1S/C20H31N3O4/c1-5-21-20(23-11-9-15(10-12-23)19(24)27-6-2)22-14-16-7-8-17(25-3)13-18(16)26-4/h7-8,13,15H,5-6,9-12,14H2,1-4H3,(H,21,22). The highest BCUT2D eigenvalue weighted by Crippen LogP contribution is 2.25. The van der Waals surface area contributed by atoms with Crippen LogP contribution in [0.3, 0.4) is 0 Å². The van der Waals surface area contributed by atoms with Crippen LogP contribution in [0.5, 0.6) is 11.5 Å². The summed E-state index contributed by atoms with van der Waals surface area (Å²) in [5.41, 5.74) is 0.995. The molecule has 1 aliphatic rings. The highest BCUT2D eigenvalue weighted by molar-refractivity contribution is 5.80. The molecule has 1 heterocycles. The molecule has 0 amide bonds. The largest absolute Gasteiger partial charge is 0.497 e. The number of ether oxygens (including phenoxy) is 3. The van der Waals surface area contributed by atoms with Gasteiger partial charge >= 0.3 is 5.97 Å². The second-order valence-electron chi connectivity index (χ2n) is 6.36. The Balaban J connectivity index is 2.04. The molecule has 2 rings (SSSR count). The molecule has 0 radical (unpaired) electrons. The van der Waals surface area contributed by atoms with Crippen LogP contribution in [0.2, 0.25) is 0 Å². The maximum Gasteiger partial charge on any atom is 0.309 e. The molecule has 1 fully saturated rings. The van der Waals surface area contributed by atoms with Crippen LogP contribution in [-0.4, -0.2) is 57.3 Å². The third-order valence-corrected chi connectivity index (χ3v) is 4.64. The van der Waals surface area contributed by atoms with E-state index in [1.54, 1.807) is 14.2 Å². The number of methoxy groups -OCH3 is 2. The van der Waals surface area contributed by atoms with Crippen molar-refractivity contribution in [3.05, 3.63) is 23.8 Å². The van der Waals surface area contributed by atoms with E-state index in [9.17, 15) is 4.79 Å². The van der Waals surface area contributed by atoms with Crippen molar-refractivity contribution < 1.29 is 19.0 Å². The molecule has 0 aromatic heterocycles. The molecule has 0 bridgehead atoms. The smallest absolute Gasteiger partial charge is 0.309 e. The number of carbonyl (C=O) groups excluding carboxylic acids is 1. The van der Waals surface area contributed by atoms with Crippen molar-refractivity contribution in [3.63, 3.8) is 0 Å². The van der Waals surface area contributed by atoms with Gasteiger partial charge in [-0.3, -0.25) is 4.79 Å². The molecule has 0 aliphatic carbocycles. The van der Waals surface area contributed by atoms with Crippen LogP contribution in [0.4, 0.5) is 0 Å². The number of piperidine rings is 1. The molecular weight excluding hydrogens is 346 g/mol. The van der Waals surface area contributed by atoms with Crippen molar-refractivity contribution >= 4 is 11.9 Å². The van der Waals surface area contributed by atoms with Crippen LogP contribution in [0.1, 0.15) is 32.3 Å². The number of esters is 1. The molecule has 1 aliphatic heterocycles. The van der Waals surface area contributed by atoms with Crippen molar-refractivity contribution in [1.82, 2.24) is 10.2 Å². The average Bonchev–Trinajstić information content (AvgIpc) is 2.71. The van der Waals surface area contributed by atoms with Gasteiger partial charge in [0.15, 0.2) is 5.96 Å². The number of aliphatic imine (C=N–C) groups is 1. The molecule has 0 atom stereocenters. The number of benzene rings is 1. The van der Waals surface area contributed by atoms with Crippen molar-refractivity contribution in [2.24, 2.45) is 10.9 Å². The zero-order valence-corrected chi connectivity index (χ0v) is 16.8. The zero-order valence-electron chi connectivity index (χ0n) is 16.8. The van der Waals surface area contributed by atoms with E-state index in [1.807, 2.05) is 25.1 Å². The minimum Gasteiger partial charge on any atom is -0.497 e. The average molecular weight is 377 g/mol. The first-order valence-electron chi connectivity index (χ1n) is 9.53. The number of nitrogens with one attached hydrogen (secondary N) is 1. The fourth-order valence-corrected chi connectivity index (χ4v) is 3.16. The number of rotatable bonds is 7. The second-order valence-corrected chi connectivity index (χ2v) is 6.36. The quantitative estimate of drug-likeness (QED) is 0.447. The summed E-state index contributed by atoms with van der Waals surface area (Å²) in [4.78, 5) is 18.9. The fourth-order valence-electron chi connectivity index (χ4n) is 3.16. The summed E-state index contributed by atoms with van der Waals surface area (Å²) in [5, 5.41) is 3.35. The number of guanidine groups is 1. The lowest BCUT2D eigenvalue weighted by atomic mass is 9.97. The summed E-state index contributed by atoms with van der Waals surface area (Å²) in [6.45, 7) is 7.20. The number of hydrogen-bond donors (Lipinski definition) is 1. The summed E-state index contributed by atoms with van der Waals surface area (Å²) in [5.74, 6) is 2.29. The van der Waals surface area contributed by atoms with E-state index in [2.05, 4.69) is 17.1 Å². The molecular formula is C20H31N3O4. The highest BCUT2D eigenvalue weighted by atomic mass is 16.5. The molecule has 0 unspecified atom stereocenters. The van der Waals surface area contributed by atoms with Gasteiger partial charge in [0.05, 0.1) is 33.3 Å². The Morgan fingerprint density at radius 2 is 1.96 bits per heavy atom. The van der Waals surface area contributed by atoms with Crippen LogP contribution in [0, 0.1) is 5.92 Å². The summed E-state index contributed by atoms with van der Waals surface area (Å²) in [6, 6.07) is 5.74. The summed E-state index contributed by atoms with van der Waals surface area (Å²) >= 11 is 0. The Kier molecular flexibility index (Phi) is 8.23. The van der Waals surface area contributed by atoms with Crippen LogP contribution in [0.15, 0.2) is 23.2 Å². The van der Waals surface area contributed by atoms with Gasteiger partial charge in [0, 0.05) is 31.3 Å². The number of likely N-dealkylation sites (tertiary alicyclic amines) is 1. The predicted octanol–water partition coefficient (Wildman–Crippen LogP) is 2.44. The lowest BCUT2D eigenvalue weighted by Gasteiger charge is -2.33. The maximum atomic E-state index is 11.9. The first-order chi connectivity index (χ1) is 13.1. The molecule has 1 aromatic rings. The third kappa shape index (κ3) is 5.77. The normalized spacial score (nSPS) is 15.4. The maximum absolute atomic E-state index is 11.9. The molecule has 0 spiro atoms. The molecule has 1 N–H and O–H groups in total. The van der Waals surface area contributed by atoms with Crippen LogP contribution >= 0.6 is 0 Å². The molecule has 1 saturated heterocycles. The predicted molar refractivity (Wildman–Crippen MR) is 105 cm³/mol. The van der Waals surface area contributed by atoms with Crippen molar-refractivity contribution in [2.45, 2.75) is 33.2 Å². The van der Waals surface area contributed by atoms with Gasteiger partial charge in [0.1, 0.15) is 11.5 Å². The van der Waals surface area contributed by atoms with Crippen LogP contribution in [0.25, 0.3) is 0 Å². The SMILES string of the molecule is CCNC(=NCc1ccc(OC)cc1OC)N1CCC(C(=O)OCC)CC1. The van der Waals surface area contributed by atoms with Gasteiger partial charge in [0.2, 0.25) is 0 Å². The Hall–Kier alpha value is -2.44. The number of carbonyl (C=O) groups is 1. The molecule has 1 aromatic carbocycles. The van der Waals surface area contributed by atoms with Crippen LogP contribution < -0.4 is 14.8 Å². The lowest BCUT2D eigenvalue weighted by Crippen LogP contribution is -2.46. The number of nitrogens with zero attached hydrogens (tertiary/aromatic N) is 2. The van der Waals surface area contributed by atoms with Gasteiger partial charge in [0.25, 0.3) is 0 Å². The second kappa shape index (κ2) is 10.6. The van der Waals surface area contributed by atoms with Crippen molar-refractivity contribution in [2.75, 3.05) is 40.5 Å². The van der Waals surface area contributed by atoms with Crippen molar-refractivity contribution in [3.8, 4) is 11.5 Å². The van der Waals surface area contributed by atoms with Gasteiger partial charge in [-0.05, 0) is 38.8 Å². The van der Waals surface area contributed by atoms with Gasteiger partial charge in [-0.2, -0.15) is 0 Å². The zero-order chi connectivity index (χ0) is 19.6. The van der Waals surface area contributed by atoms with Gasteiger partial charge in [-0.25, -0.2) is 4.99 Å². The Labute approximate surface area is 161 Å². The number of hydrogen-bond acceptors (Lipinski definition) is 5. The Morgan fingerprint density at radius 1 is 1.22 bits per heavy atom. The van der Waals surface area contributed by atoms with Crippen molar-refractivity contribution in [1.29, 1.82) is 0 Å². The molecule has 150 valence electrons. The van der Waals surface area contributed by atoms with E-state index in [0.717, 1.165) is 55.5 Å². The fraction of sp³-hybridized carbons (Fsp3) is 0.600. The molecule has 7 nitrogen and oxygen atoms in total. The monoisotopic (exact) mass is 377 g/mol. The summed E-state index contributed by atoms with van der Waals surface area (Å²) in [7, 11) is 3.28. The Morgan fingerprint density at radius 3 is 2.56 bits per heavy atom. The third-order valence-electron chi connectivity index (χ3n) is 4.64. The summed E-state index contributed by atoms with van der Waals surface area (Å²) < 4.78 is 15.8. The molecule has 7 heteroatoms. The molecule has 0 saturated carbocycles. The minimum atomic E-state index is -0.0814. The minimum absolute atomic E-state index is 0.00856. The summed E-state index contributed by atoms with van der Waals surface area (Å²) in [6.07, 6.45) is 1.57. The van der Waals surface area contributed by atoms with Gasteiger partial charge in [-0.15, -0.1) is 0 Å². The van der Waals surface area contributed by atoms with E-state index < -0.39 is 0 Å². The van der Waals surface area contributed by atoms with E-state index in [4.69, 9.17) is 19.2 Å². The molecule has 27 heavy (non-hydrogen) atoms. The van der Waals surface area contributed by atoms with E-state index in [0.29, 0.717) is 13.2 Å². The lowest BCUT2D eigenvalue weighted by molar-refractivity contribution is -0.149. The topological polar surface area (TPSA) is 72.4 Å². The van der Waals surface area contributed by atoms with Crippen LogP contribution in [-0.2, 0) is 16.1 Å². The van der Waals surface area contributed by atoms with E-state index >= 15 is 0 Å². The van der Waals surface area contributed by atoms with E-state index in [1.165, 1.54) is 0 Å². The highest BCUT2D eigenvalue weighted by Gasteiger charge is 2.27. The Bertz CT molecular complexity index is 640. The first kappa shape index (κ1) is 20.9. The van der Waals surface area contributed by atoms with E-state index in [-0.39, 0.29) is 11.9 Å². The van der Waals surface area contributed by atoms with Gasteiger partial charge in [-0.1, -0.05) is 0 Å².